The number of fused-ring (bicyclic) bond motifs is 3. The lowest BCUT2D eigenvalue weighted by Gasteiger charge is -2.22. The third-order valence-corrected chi connectivity index (χ3v) is 6.81. The summed E-state index contributed by atoms with van der Waals surface area (Å²) in [5.41, 5.74) is 12.1. The number of hydrogen-bond donors (Lipinski definition) is 1. The van der Waals surface area contributed by atoms with Gasteiger partial charge >= 0.3 is 0 Å². The van der Waals surface area contributed by atoms with Crippen LogP contribution in [0.15, 0.2) is 42.5 Å². The number of anilines is 1. The van der Waals surface area contributed by atoms with Crippen molar-refractivity contribution in [3.05, 3.63) is 65.0 Å². The minimum absolute atomic E-state index is 0.159. The summed E-state index contributed by atoms with van der Waals surface area (Å²) in [6, 6.07) is 13.3. The van der Waals surface area contributed by atoms with Crippen LogP contribution in [-0.2, 0) is 6.42 Å². The molecular formula is C26H27FN4O2. The third kappa shape index (κ3) is 3.72. The molecule has 1 atom stereocenters. The highest BCUT2D eigenvalue weighted by molar-refractivity contribution is 5.98. The molecular weight excluding hydrogens is 419 g/mol. The molecule has 1 amide bonds. The number of rotatable bonds is 5. The second-order valence-corrected chi connectivity index (χ2v) is 8.97. The number of carbonyl (C=O) groups is 1. The van der Waals surface area contributed by atoms with Gasteiger partial charge in [-0.15, -0.1) is 0 Å². The summed E-state index contributed by atoms with van der Waals surface area (Å²) >= 11 is 0. The highest BCUT2D eigenvalue weighted by Crippen LogP contribution is 2.41. The van der Waals surface area contributed by atoms with Crippen molar-refractivity contribution in [1.82, 2.24) is 9.88 Å². The first-order chi connectivity index (χ1) is 15.9. The summed E-state index contributed by atoms with van der Waals surface area (Å²) in [4.78, 5) is 21.8. The highest BCUT2D eigenvalue weighted by atomic mass is 19.1. The molecule has 0 unspecified atom stereocenters. The molecule has 0 saturated carbocycles. The Morgan fingerprint density at radius 3 is 2.70 bits per heavy atom. The van der Waals surface area contributed by atoms with E-state index in [2.05, 4.69) is 42.1 Å². The Balaban J connectivity index is 1.54. The van der Waals surface area contributed by atoms with Gasteiger partial charge in [0.2, 0.25) is 5.91 Å². The lowest BCUT2D eigenvalue weighted by Crippen LogP contribution is -2.31. The number of amides is 1. The molecule has 1 aliphatic carbocycles. The zero-order chi connectivity index (χ0) is 23.3. The lowest BCUT2D eigenvalue weighted by atomic mass is 10.0. The Morgan fingerprint density at radius 1 is 1.21 bits per heavy atom. The van der Waals surface area contributed by atoms with Crippen molar-refractivity contribution in [3.63, 3.8) is 0 Å². The van der Waals surface area contributed by atoms with E-state index in [-0.39, 0.29) is 5.75 Å². The van der Waals surface area contributed by atoms with Crippen molar-refractivity contribution in [2.75, 3.05) is 39.2 Å². The van der Waals surface area contributed by atoms with Crippen molar-refractivity contribution in [3.8, 4) is 28.3 Å². The average Bonchev–Trinajstić information content (AvgIpc) is 3.43. The highest BCUT2D eigenvalue weighted by Gasteiger charge is 2.29. The van der Waals surface area contributed by atoms with Crippen LogP contribution in [0.3, 0.4) is 0 Å². The van der Waals surface area contributed by atoms with Gasteiger partial charge in [0.15, 0.2) is 11.6 Å². The van der Waals surface area contributed by atoms with Crippen LogP contribution in [-0.4, -0.2) is 56.1 Å². The molecule has 2 heterocycles. The SMILES string of the molecule is COc1ccc(-c2cc(C(N)=O)c3c(n2)-c2ccc(N4CC[C@H](N(C)C)C4)cc2C3)cc1F. The van der Waals surface area contributed by atoms with Gasteiger partial charge in [0, 0.05) is 47.9 Å². The van der Waals surface area contributed by atoms with Crippen molar-refractivity contribution in [1.29, 1.82) is 0 Å². The number of primary amides is 1. The predicted molar refractivity (Wildman–Crippen MR) is 127 cm³/mol. The maximum Gasteiger partial charge on any atom is 0.249 e. The summed E-state index contributed by atoms with van der Waals surface area (Å²) in [6.45, 7) is 2.02. The second kappa shape index (κ2) is 8.15. The quantitative estimate of drug-likeness (QED) is 0.506. The van der Waals surface area contributed by atoms with Gasteiger partial charge in [0.25, 0.3) is 0 Å². The smallest absolute Gasteiger partial charge is 0.249 e. The number of methoxy groups -OCH3 is 1. The molecule has 1 fully saturated rings. The molecule has 1 saturated heterocycles. The largest absolute Gasteiger partial charge is 0.494 e. The summed E-state index contributed by atoms with van der Waals surface area (Å²) in [6.07, 6.45) is 1.74. The molecule has 0 spiro atoms. The zero-order valence-corrected chi connectivity index (χ0v) is 19.1. The van der Waals surface area contributed by atoms with E-state index in [0.29, 0.717) is 29.3 Å². The normalized spacial score (nSPS) is 16.8. The Hall–Kier alpha value is -3.45. The van der Waals surface area contributed by atoms with Gasteiger partial charge in [-0.2, -0.15) is 0 Å². The third-order valence-electron chi connectivity index (χ3n) is 6.81. The Kier molecular flexibility index (Phi) is 5.29. The van der Waals surface area contributed by atoms with Crippen LogP contribution in [0.1, 0.15) is 27.9 Å². The molecule has 5 rings (SSSR count). The van der Waals surface area contributed by atoms with Gasteiger partial charge in [-0.05, 0) is 68.0 Å². The van der Waals surface area contributed by atoms with Crippen LogP contribution in [0.2, 0.25) is 0 Å². The summed E-state index contributed by atoms with van der Waals surface area (Å²) in [5, 5.41) is 0. The number of likely N-dealkylation sites (N-methyl/N-ethyl adjacent to an activating group) is 1. The van der Waals surface area contributed by atoms with Crippen molar-refractivity contribution < 1.29 is 13.9 Å². The van der Waals surface area contributed by atoms with Crippen LogP contribution in [0.5, 0.6) is 5.75 Å². The molecule has 3 aromatic rings. The Labute approximate surface area is 192 Å². The van der Waals surface area contributed by atoms with Gasteiger partial charge < -0.3 is 20.3 Å². The van der Waals surface area contributed by atoms with Crippen LogP contribution in [0, 0.1) is 5.82 Å². The van der Waals surface area contributed by atoms with E-state index in [1.807, 2.05) is 0 Å². The van der Waals surface area contributed by atoms with Crippen LogP contribution >= 0.6 is 0 Å². The monoisotopic (exact) mass is 446 g/mol. The van der Waals surface area contributed by atoms with Crippen LogP contribution < -0.4 is 15.4 Å². The van der Waals surface area contributed by atoms with Crippen molar-refractivity contribution in [2.45, 2.75) is 18.9 Å². The fourth-order valence-corrected chi connectivity index (χ4v) is 4.91. The number of hydrogen-bond acceptors (Lipinski definition) is 5. The molecule has 33 heavy (non-hydrogen) atoms. The number of aromatic nitrogens is 1. The molecule has 170 valence electrons. The number of carbonyl (C=O) groups excluding carboxylic acids is 1. The van der Waals surface area contributed by atoms with Gasteiger partial charge in [0.1, 0.15) is 0 Å². The lowest BCUT2D eigenvalue weighted by molar-refractivity contribution is 0.0999. The summed E-state index contributed by atoms with van der Waals surface area (Å²) in [7, 11) is 5.67. The zero-order valence-electron chi connectivity index (χ0n) is 19.1. The number of benzene rings is 2. The fourth-order valence-electron chi connectivity index (χ4n) is 4.91. The molecule has 7 heteroatoms. The molecule has 0 radical (unpaired) electrons. The molecule has 0 bridgehead atoms. The standard InChI is InChI=1S/C26H27FN4O2/c1-30(2)18-8-9-31(14-18)17-5-6-19-16(10-17)11-20-21(26(28)32)13-23(29-25(19)20)15-4-7-24(33-3)22(27)12-15/h4-7,10,12-13,18H,8-9,11,14H2,1-3H3,(H2,28,32)/t18-/m0/s1. The van der Waals surface area contributed by atoms with E-state index in [1.165, 1.54) is 18.9 Å². The van der Waals surface area contributed by atoms with Gasteiger partial charge in [-0.25, -0.2) is 9.37 Å². The minimum Gasteiger partial charge on any atom is -0.494 e. The molecule has 2 N–H and O–H groups in total. The minimum atomic E-state index is -0.509. The van der Waals surface area contributed by atoms with E-state index in [4.69, 9.17) is 15.5 Å². The molecule has 1 aliphatic heterocycles. The van der Waals surface area contributed by atoms with E-state index in [9.17, 15) is 9.18 Å². The van der Waals surface area contributed by atoms with E-state index in [0.717, 1.165) is 41.9 Å². The molecule has 2 aliphatic rings. The van der Waals surface area contributed by atoms with Gasteiger partial charge in [-0.3, -0.25) is 4.79 Å². The molecule has 2 aromatic carbocycles. The maximum absolute atomic E-state index is 14.3. The van der Waals surface area contributed by atoms with Crippen molar-refractivity contribution >= 4 is 11.6 Å². The first-order valence-electron chi connectivity index (χ1n) is 11.1. The number of halogens is 1. The number of nitrogens with zero attached hydrogens (tertiary/aromatic N) is 3. The van der Waals surface area contributed by atoms with Crippen molar-refractivity contribution in [2.24, 2.45) is 5.73 Å². The number of nitrogens with two attached hydrogens (primary N) is 1. The van der Waals surface area contributed by atoms with Gasteiger partial charge in [0.05, 0.1) is 18.5 Å². The van der Waals surface area contributed by atoms with Crippen LogP contribution in [0.4, 0.5) is 10.1 Å². The first-order valence-corrected chi connectivity index (χ1v) is 11.1. The Morgan fingerprint density at radius 2 is 2.03 bits per heavy atom. The van der Waals surface area contributed by atoms with E-state index < -0.39 is 11.7 Å². The van der Waals surface area contributed by atoms with Gasteiger partial charge in [-0.1, -0.05) is 6.07 Å². The second-order valence-electron chi connectivity index (χ2n) is 8.97. The average molecular weight is 447 g/mol. The topological polar surface area (TPSA) is 71.7 Å². The molecule has 6 nitrogen and oxygen atoms in total. The van der Waals surface area contributed by atoms with E-state index >= 15 is 0 Å². The predicted octanol–water partition coefficient (Wildman–Crippen LogP) is 3.71. The maximum atomic E-state index is 14.3. The molecule has 1 aromatic heterocycles. The van der Waals surface area contributed by atoms with E-state index in [1.54, 1.807) is 18.2 Å². The summed E-state index contributed by atoms with van der Waals surface area (Å²) < 4.78 is 19.3. The number of pyridine rings is 1. The van der Waals surface area contributed by atoms with Crippen LogP contribution in [0.25, 0.3) is 22.5 Å². The number of ether oxygens (including phenoxy) is 1. The fraction of sp³-hybridized carbons (Fsp3) is 0.308. The summed E-state index contributed by atoms with van der Waals surface area (Å²) in [5.74, 6) is -0.832. The Bertz CT molecular complexity index is 1260. The first kappa shape index (κ1) is 21.4.